The predicted molar refractivity (Wildman–Crippen MR) is 64.0 cm³/mol. The lowest BCUT2D eigenvalue weighted by molar-refractivity contribution is 1.14. The standard InChI is InChI=1S/C14H14N/c1-2-11-3-5-12(6-4-11)13-7-9-14(15)10-8-13/h3-10,15H,2H2,1H3. The topological polar surface area (TPSA) is 23.8 Å². The van der Waals surface area contributed by atoms with Crippen LogP contribution in [0.5, 0.6) is 0 Å². The smallest absolute Gasteiger partial charge is 0.0540 e. The molecule has 0 aliphatic rings. The summed E-state index contributed by atoms with van der Waals surface area (Å²) in [5.41, 5.74) is 11.7. The van der Waals surface area contributed by atoms with Crippen LogP contribution in [0.25, 0.3) is 11.1 Å². The van der Waals surface area contributed by atoms with Crippen molar-refractivity contribution in [2.24, 2.45) is 0 Å². The van der Waals surface area contributed by atoms with Gasteiger partial charge >= 0.3 is 0 Å². The van der Waals surface area contributed by atoms with Crippen LogP contribution in [0.4, 0.5) is 5.69 Å². The molecule has 0 bridgehead atoms. The Bertz CT molecular complexity index is 426. The van der Waals surface area contributed by atoms with E-state index >= 15 is 0 Å². The molecule has 0 atom stereocenters. The molecule has 0 heterocycles. The van der Waals surface area contributed by atoms with Crippen molar-refractivity contribution in [2.45, 2.75) is 13.3 Å². The van der Waals surface area contributed by atoms with Crippen molar-refractivity contribution in [3.63, 3.8) is 0 Å². The van der Waals surface area contributed by atoms with Crippen LogP contribution in [0.2, 0.25) is 0 Å². The fourth-order valence-corrected chi connectivity index (χ4v) is 1.60. The molecular formula is C14H14N. The summed E-state index contributed by atoms with van der Waals surface area (Å²) in [5, 5.41) is 0. The predicted octanol–water partition coefficient (Wildman–Crippen LogP) is 3.83. The van der Waals surface area contributed by atoms with E-state index in [1.165, 1.54) is 16.7 Å². The number of hydrogen-bond donors (Lipinski definition) is 0. The SMILES string of the molecule is CCc1ccc(-c2ccc([NH])cc2)cc1. The molecule has 75 valence electrons. The van der Waals surface area contributed by atoms with E-state index in [0.29, 0.717) is 5.69 Å². The van der Waals surface area contributed by atoms with E-state index in [1.54, 1.807) is 0 Å². The molecule has 0 unspecified atom stereocenters. The molecule has 15 heavy (non-hydrogen) atoms. The van der Waals surface area contributed by atoms with E-state index < -0.39 is 0 Å². The highest BCUT2D eigenvalue weighted by Gasteiger charge is 1.96. The van der Waals surface area contributed by atoms with Crippen molar-refractivity contribution in [1.82, 2.24) is 5.73 Å². The first kappa shape index (κ1) is 9.78. The van der Waals surface area contributed by atoms with Crippen molar-refractivity contribution in [1.29, 1.82) is 0 Å². The first-order valence-corrected chi connectivity index (χ1v) is 5.20. The molecule has 0 saturated heterocycles. The number of rotatable bonds is 2. The first-order chi connectivity index (χ1) is 7.29. The van der Waals surface area contributed by atoms with Crippen LogP contribution in [-0.2, 0) is 6.42 Å². The Morgan fingerprint density at radius 1 is 0.800 bits per heavy atom. The Kier molecular flexibility index (Phi) is 2.72. The van der Waals surface area contributed by atoms with Gasteiger partial charge in [0.15, 0.2) is 0 Å². The number of hydrogen-bond acceptors (Lipinski definition) is 0. The summed E-state index contributed by atoms with van der Waals surface area (Å²) in [5.74, 6) is 0. The highest BCUT2D eigenvalue weighted by atomic mass is 14.5. The minimum atomic E-state index is 0.559. The lowest BCUT2D eigenvalue weighted by Gasteiger charge is -2.03. The average Bonchev–Trinajstić information content (AvgIpc) is 2.30. The van der Waals surface area contributed by atoms with E-state index in [4.69, 9.17) is 5.73 Å². The van der Waals surface area contributed by atoms with Gasteiger partial charge in [-0.25, -0.2) is 0 Å². The van der Waals surface area contributed by atoms with Gasteiger partial charge in [0.1, 0.15) is 0 Å². The quantitative estimate of drug-likeness (QED) is 0.697. The summed E-state index contributed by atoms with van der Waals surface area (Å²) in [6.45, 7) is 2.16. The molecule has 1 radical (unpaired) electrons. The summed E-state index contributed by atoms with van der Waals surface area (Å²) < 4.78 is 0. The zero-order valence-electron chi connectivity index (χ0n) is 8.83. The molecule has 1 N–H and O–H groups in total. The van der Waals surface area contributed by atoms with Crippen LogP contribution in [0.1, 0.15) is 12.5 Å². The van der Waals surface area contributed by atoms with Gasteiger partial charge in [0.25, 0.3) is 0 Å². The minimum absolute atomic E-state index is 0.559. The third-order valence-electron chi connectivity index (χ3n) is 2.58. The molecule has 0 aliphatic carbocycles. The van der Waals surface area contributed by atoms with Gasteiger partial charge in [0.2, 0.25) is 0 Å². The Balaban J connectivity index is 2.33. The van der Waals surface area contributed by atoms with E-state index in [9.17, 15) is 0 Å². The van der Waals surface area contributed by atoms with Gasteiger partial charge in [-0.1, -0.05) is 43.3 Å². The molecule has 0 spiro atoms. The van der Waals surface area contributed by atoms with Crippen molar-refractivity contribution in [2.75, 3.05) is 0 Å². The van der Waals surface area contributed by atoms with Crippen LogP contribution in [0.3, 0.4) is 0 Å². The first-order valence-electron chi connectivity index (χ1n) is 5.20. The fraction of sp³-hybridized carbons (Fsp3) is 0.143. The van der Waals surface area contributed by atoms with Crippen molar-refractivity contribution in [3.8, 4) is 11.1 Å². The van der Waals surface area contributed by atoms with Crippen molar-refractivity contribution < 1.29 is 0 Å². The zero-order valence-corrected chi connectivity index (χ0v) is 8.83. The highest BCUT2D eigenvalue weighted by molar-refractivity contribution is 5.65. The monoisotopic (exact) mass is 196 g/mol. The Morgan fingerprint density at radius 3 is 1.73 bits per heavy atom. The third kappa shape index (κ3) is 2.18. The molecule has 0 amide bonds. The summed E-state index contributed by atoms with van der Waals surface area (Å²) in [7, 11) is 0. The lowest BCUT2D eigenvalue weighted by atomic mass is 10.0. The maximum absolute atomic E-state index is 7.42. The normalized spacial score (nSPS) is 10.2. The Labute approximate surface area is 90.6 Å². The van der Waals surface area contributed by atoms with Gasteiger partial charge in [-0.3, -0.25) is 0 Å². The van der Waals surface area contributed by atoms with E-state index in [1.807, 2.05) is 24.3 Å². The van der Waals surface area contributed by atoms with Gasteiger partial charge in [0, 0.05) is 0 Å². The van der Waals surface area contributed by atoms with Crippen molar-refractivity contribution in [3.05, 3.63) is 54.1 Å². The van der Waals surface area contributed by atoms with Crippen LogP contribution < -0.4 is 5.73 Å². The molecule has 2 aromatic carbocycles. The maximum Gasteiger partial charge on any atom is 0.0540 e. The molecule has 0 aliphatic heterocycles. The number of benzene rings is 2. The van der Waals surface area contributed by atoms with Gasteiger partial charge in [-0.2, -0.15) is 0 Å². The van der Waals surface area contributed by atoms with E-state index in [0.717, 1.165) is 6.42 Å². The Morgan fingerprint density at radius 2 is 1.27 bits per heavy atom. The summed E-state index contributed by atoms with van der Waals surface area (Å²) in [4.78, 5) is 0. The molecule has 1 heteroatoms. The van der Waals surface area contributed by atoms with Gasteiger partial charge in [0.05, 0.1) is 5.69 Å². The van der Waals surface area contributed by atoms with Gasteiger partial charge in [-0.15, -0.1) is 0 Å². The van der Waals surface area contributed by atoms with Crippen LogP contribution in [0, 0.1) is 0 Å². The fourth-order valence-electron chi connectivity index (χ4n) is 1.60. The molecule has 0 saturated carbocycles. The number of aryl methyl sites for hydroxylation is 1. The molecule has 1 nitrogen and oxygen atoms in total. The summed E-state index contributed by atoms with van der Waals surface area (Å²) in [6, 6.07) is 16.2. The second-order valence-electron chi connectivity index (χ2n) is 3.63. The van der Waals surface area contributed by atoms with Crippen molar-refractivity contribution >= 4 is 5.69 Å². The van der Waals surface area contributed by atoms with Gasteiger partial charge in [-0.05, 0) is 35.2 Å². The zero-order chi connectivity index (χ0) is 10.7. The van der Waals surface area contributed by atoms with E-state index in [-0.39, 0.29) is 0 Å². The highest BCUT2D eigenvalue weighted by Crippen LogP contribution is 2.21. The van der Waals surface area contributed by atoms with Crippen LogP contribution in [0.15, 0.2) is 48.5 Å². The molecule has 0 aromatic heterocycles. The average molecular weight is 196 g/mol. The summed E-state index contributed by atoms with van der Waals surface area (Å²) >= 11 is 0. The molecule has 2 aromatic rings. The van der Waals surface area contributed by atoms with Crippen LogP contribution >= 0.6 is 0 Å². The van der Waals surface area contributed by atoms with Gasteiger partial charge < -0.3 is 5.73 Å². The Hall–Kier alpha value is -1.76. The van der Waals surface area contributed by atoms with Crippen LogP contribution in [-0.4, -0.2) is 0 Å². The minimum Gasteiger partial charge on any atom is -0.301 e. The molecule has 2 rings (SSSR count). The number of nitrogens with one attached hydrogen (secondary N) is 1. The second-order valence-corrected chi connectivity index (χ2v) is 3.63. The van der Waals surface area contributed by atoms with E-state index in [2.05, 4.69) is 31.2 Å². The third-order valence-corrected chi connectivity index (χ3v) is 2.58. The largest absolute Gasteiger partial charge is 0.301 e. The second kappa shape index (κ2) is 4.18. The molecule has 0 fully saturated rings. The summed E-state index contributed by atoms with van der Waals surface area (Å²) in [6.07, 6.45) is 1.08. The molecular weight excluding hydrogens is 182 g/mol. The lowest BCUT2D eigenvalue weighted by Crippen LogP contribution is -1.81. The maximum atomic E-state index is 7.42.